The Bertz CT molecular complexity index is 4090. The van der Waals surface area contributed by atoms with Crippen LogP contribution in [0.2, 0.25) is 0 Å². The van der Waals surface area contributed by atoms with Crippen molar-refractivity contribution in [3.8, 4) is 23.0 Å². The number of nitrogens with two attached hydrogens (primary N) is 1. The van der Waals surface area contributed by atoms with E-state index in [9.17, 15) is 49.2 Å². The van der Waals surface area contributed by atoms with E-state index in [1.54, 1.807) is 56.6 Å². The Morgan fingerprint density at radius 3 is 1.08 bits per heavy atom. The Balaban J connectivity index is 0.000000217. The molecule has 0 aliphatic carbocycles. The third-order valence-corrected chi connectivity index (χ3v) is 16.9. The normalized spacial score (nSPS) is 11.7. The number of carbonyl (C=O) groups is 5. The second kappa shape index (κ2) is 32.5. The number of nitrogens with one attached hydrogen (secondary N) is 5. The van der Waals surface area contributed by atoms with Crippen molar-refractivity contribution in [1.82, 2.24) is 48.6 Å². The molecule has 8 rings (SSSR count). The first-order valence-electron chi connectivity index (χ1n) is 28.0. The van der Waals surface area contributed by atoms with Crippen LogP contribution in [0.3, 0.4) is 0 Å². The van der Waals surface area contributed by atoms with Crippen molar-refractivity contribution in [2.24, 2.45) is 5.14 Å². The molecule has 26 nitrogen and oxygen atoms in total. The standard InChI is InChI=1S/C17H23N3O3.C16H23N3O4S.C15H21N3O4S.C12H14N2O4S/c1-19(2)9-8-12-11-18-13-6-5-7-14(17(12)13)23-16(22)10-15(21)20(3)4;1-18(2)9-8-12-10-17-13-6-5-7-14(16(12)13)23-15(20)11-24(21,22)19(3)4;1-16-23(20,21)10-14(19)22-13-6-4-5-12-15(13)11(9-17-12)7-8-18(2)3;1-2-8-6-14-9-4-3-5-10(12(8)9)18-11(15)7-19(13,16)17/h5-7,11,18H,8-10H2,1-4H3;5-7,10,17H,8-9,11H2,1-4H3;4-6,9,16-17H,7-8,10H2,1-3H3;3-6,14H,2,7H2,1H3,(H2,13,16,17). The van der Waals surface area contributed by atoms with Crippen molar-refractivity contribution in [1.29, 1.82) is 0 Å². The Hall–Kier alpha value is -8.00. The second-order valence-corrected chi connectivity index (χ2v) is 27.4. The van der Waals surface area contributed by atoms with Crippen molar-refractivity contribution in [3.63, 3.8) is 0 Å². The molecule has 484 valence electrons. The quantitative estimate of drug-likeness (QED) is 0.0278. The fourth-order valence-corrected chi connectivity index (χ4v) is 10.2. The number of fused-ring (bicyclic) bond motifs is 4. The third-order valence-electron chi connectivity index (χ3n) is 13.3. The highest BCUT2D eigenvalue weighted by molar-refractivity contribution is 7.90. The molecular weight excluding hydrogens is 1210 g/mol. The maximum absolute atomic E-state index is 12.0. The van der Waals surface area contributed by atoms with E-state index < -0.39 is 71.2 Å². The minimum absolute atomic E-state index is 0.263. The van der Waals surface area contributed by atoms with Crippen LogP contribution in [0, 0.1) is 0 Å². The highest BCUT2D eigenvalue weighted by Crippen LogP contribution is 2.33. The first-order valence-corrected chi connectivity index (χ1v) is 32.9. The molecule has 0 fully saturated rings. The number of benzene rings is 4. The van der Waals surface area contributed by atoms with Crippen LogP contribution in [-0.2, 0) is 79.7 Å². The van der Waals surface area contributed by atoms with Crippen molar-refractivity contribution in [2.75, 3.05) is 114 Å². The Morgan fingerprint density at radius 1 is 0.461 bits per heavy atom. The number of sulfonamides is 3. The number of ether oxygens (including phenoxy) is 4. The van der Waals surface area contributed by atoms with Crippen molar-refractivity contribution in [3.05, 3.63) is 120 Å². The summed E-state index contributed by atoms with van der Waals surface area (Å²) in [6.07, 6.45) is 10.5. The van der Waals surface area contributed by atoms with Gasteiger partial charge in [-0.1, -0.05) is 31.2 Å². The molecule has 7 N–H and O–H groups in total. The lowest BCUT2D eigenvalue weighted by Gasteiger charge is -2.12. The largest absolute Gasteiger partial charge is 0.425 e. The van der Waals surface area contributed by atoms with Gasteiger partial charge >= 0.3 is 23.9 Å². The molecule has 0 spiro atoms. The number of hydrogen-bond acceptors (Lipinski definition) is 18. The Labute approximate surface area is 519 Å². The molecule has 4 aromatic heterocycles. The van der Waals surface area contributed by atoms with E-state index in [0.717, 1.165) is 115 Å². The van der Waals surface area contributed by atoms with E-state index in [0.29, 0.717) is 23.0 Å². The number of aryl methyl sites for hydroxylation is 1. The monoisotopic (exact) mass is 1290 g/mol. The molecule has 29 heteroatoms. The molecule has 0 aliphatic rings. The number of hydrogen-bond donors (Lipinski definition) is 6. The van der Waals surface area contributed by atoms with E-state index in [1.807, 2.05) is 104 Å². The zero-order chi connectivity index (χ0) is 66.0. The summed E-state index contributed by atoms with van der Waals surface area (Å²) in [6.45, 7) is 4.58. The van der Waals surface area contributed by atoms with E-state index >= 15 is 0 Å². The number of esters is 4. The van der Waals surface area contributed by atoms with Gasteiger partial charge in [0.25, 0.3) is 0 Å². The van der Waals surface area contributed by atoms with Gasteiger partial charge in [-0.25, -0.2) is 39.4 Å². The summed E-state index contributed by atoms with van der Waals surface area (Å²) >= 11 is 0. The van der Waals surface area contributed by atoms with Gasteiger partial charge in [0.2, 0.25) is 36.0 Å². The molecule has 0 unspecified atom stereocenters. The molecule has 4 heterocycles. The van der Waals surface area contributed by atoms with Crippen LogP contribution in [-0.4, -0.2) is 213 Å². The van der Waals surface area contributed by atoms with Gasteiger partial charge in [-0.2, -0.15) is 0 Å². The number of amides is 1. The first-order chi connectivity index (χ1) is 41.8. The van der Waals surface area contributed by atoms with Crippen molar-refractivity contribution in [2.45, 2.75) is 39.0 Å². The molecule has 89 heavy (non-hydrogen) atoms. The predicted octanol–water partition coefficient (Wildman–Crippen LogP) is 4.38. The number of primary sulfonamides is 1. The number of H-pyrrole nitrogens is 4. The van der Waals surface area contributed by atoms with Crippen LogP contribution in [0.15, 0.2) is 97.6 Å². The van der Waals surface area contributed by atoms with Gasteiger partial charge in [-0.05, 0) is 146 Å². The van der Waals surface area contributed by atoms with Crippen molar-refractivity contribution >= 4 is 103 Å². The molecule has 0 bridgehead atoms. The van der Waals surface area contributed by atoms with E-state index in [2.05, 4.69) is 39.4 Å². The third kappa shape index (κ3) is 21.9. The molecule has 4 aromatic carbocycles. The minimum atomic E-state index is -3.88. The van der Waals surface area contributed by atoms with Crippen LogP contribution in [0.1, 0.15) is 35.6 Å². The number of aromatic amines is 4. The Kier molecular flexibility index (Phi) is 26.2. The van der Waals surface area contributed by atoms with Gasteiger partial charge in [0, 0.05) is 116 Å². The average Bonchev–Trinajstić information content (AvgIpc) is 1.96. The van der Waals surface area contributed by atoms with Crippen LogP contribution >= 0.6 is 0 Å². The summed E-state index contributed by atoms with van der Waals surface area (Å²) in [5, 5.41) is 8.12. The SMILES string of the molecule is CCc1c[nH]c2cccc(OC(=O)CS(N)(=O)=O)c12.CN(C)CCc1c[nH]c2cccc(OC(=O)CC(=O)N(C)C)c12.CN(C)CCc1c[nH]c2cccc(OC(=O)CS(=O)(=O)N(C)C)c12.CNS(=O)(=O)CC(=O)Oc1cccc2[nH]cc(CCN(C)C)c12. The molecule has 0 aliphatic heterocycles. The summed E-state index contributed by atoms with van der Waals surface area (Å²) in [7, 11) is 8.05. The van der Waals surface area contributed by atoms with Gasteiger partial charge in [0.1, 0.15) is 29.4 Å². The molecule has 8 aromatic rings. The summed E-state index contributed by atoms with van der Waals surface area (Å²) in [5.74, 6) is -3.98. The first kappa shape index (κ1) is 71.8. The summed E-state index contributed by atoms with van der Waals surface area (Å²) < 4.78 is 92.4. The summed E-state index contributed by atoms with van der Waals surface area (Å²) in [6, 6.07) is 21.4. The minimum Gasteiger partial charge on any atom is -0.425 e. The fourth-order valence-electron chi connectivity index (χ4n) is 8.69. The fraction of sp³-hybridized carbons (Fsp3) is 0.383. The summed E-state index contributed by atoms with van der Waals surface area (Å²) in [5.41, 5.74) is 7.59. The van der Waals surface area contributed by atoms with Crippen LogP contribution in [0.4, 0.5) is 0 Å². The molecular formula is C60H81N11O15S3. The van der Waals surface area contributed by atoms with Crippen LogP contribution in [0.5, 0.6) is 23.0 Å². The van der Waals surface area contributed by atoms with Gasteiger partial charge in [-0.3, -0.25) is 24.0 Å². The lowest BCUT2D eigenvalue weighted by atomic mass is 10.1. The molecule has 1 amide bonds. The summed E-state index contributed by atoms with van der Waals surface area (Å²) in [4.78, 5) is 79.2. The number of carbonyl (C=O) groups excluding carboxylic acids is 5. The second-order valence-electron chi connectivity index (χ2n) is 21.7. The van der Waals surface area contributed by atoms with Crippen LogP contribution in [0.25, 0.3) is 43.6 Å². The lowest BCUT2D eigenvalue weighted by Crippen LogP contribution is -2.31. The topological polar surface area (TPSA) is 342 Å². The maximum Gasteiger partial charge on any atom is 0.328 e. The smallest absolute Gasteiger partial charge is 0.328 e. The van der Waals surface area contributed by atoms with Gasteiger partial charge in [0.05, 0.1) is 0 Å². The number of nitrogens with zero attached hydrogens (tertiary/aromatic N) is 5. The van der Waals surface area contributed by atoms with Crippen LogP contribution < -0.4 is 28.8 Å². The Morgan fingerprint density at radius 2 is 0.775 bits per heavy atom. The predicted molar refractivity (Wildman–Crippen MR) is 343 cm³/mol. The highest BCUT2D eigenvalue weighted by atomic mass is 32.2. The van der Waals surface area contributed by atoms with Gasteiger partial charge in [-0.15, -0.1) is 0 Å². The van der Waals surface area contributed by atoms with E-state index in [4.69, 9.17) is 24.1 Å². The van der Waals surface area contributed by atoms with Crippen molar-refractivity contribution < 1.29 is 68.2 Å². The number of rotatable bonds is 24. The lowest BCUT2D eigenvalue weighted by molar-refractivity contribution is -0.141. The number of aromatic nitrogens is 4. The zero-order valence-electron chi connectivity index (χ0n) is 52.2. The zero-order valence-corrected chi connectivity index (χ0v) is 54.6. The molecule has 0 saturated carbocycles. The highest BCUT2D eigenvalue weighted by Gasteiger charge is 2.24. The molecule has 0 atom stereocenters. The van der Waals surface area contributed by atoms with Gasteiger partial charge < -0.3 is 58.5 Å². The van der Waals surface area contributed by atoms with E-state index in [-0.39, 0.29) is 12.3 Å². The average molecular weight is 1290 g/mol. The maximum atomic E-state index is 12.0. The number of likely N-dealkylation sites (N-methyl/N-ethyl adjacent to an activating group) is 3. The molecule has 0 radical (unpaired) electrons. The van der Waals surface area contributed by atoms with E-state index in [1.165, 1.54) is 26.0 Å². The molecule has 0 saturated heterocycles. The van der Waals surface area contributed by atoms with Gasteiger partial charge in [0.15, 0.2) is 17.3 Å².